The second-order valence-corrected chi connectivity index (χ2v) is 11.6. The first kappa shape index (κ1) is 22.7. The minimum absolute atomic E-state index is 0.235. The van der Waals surface area contributed by atoms with Crippen LogP contribution in [-0.4, -0.2) is 39.7 Å². The molecule has 10 heteroatoms. The lowest BCUT2D eigenvalue weighted by atomic mass is 9.93. The molecule has 2 N–H and O–H groups in total. The smallest absolute Gasteiger partial charge is 0.260 e. The molecule has 0 aliphatic heterocycles. The molecule has 1 amide bonds. The molecular formula is C23H25N5O4S. The molecule has 4 aromatic rings. The van der Waals surface area contributed by atoms with Crippen LogP contribution in [0.2, 0.25) is 0 Å². The fourth-order valence-corrected chi connectivity index (χ4v) is 4.22. The van der Waals surface area contributed by atoms with E-state index in [0.717, 1.165) is 0 Å². The zero-order valence-electron chi connectivity index (χ0n) is 19.0. The summed E-state index contributed by atoms with van der Waals surface area (Å²) in [6, 6.07) is 8.16. The molecule has 0 saturated heterocycles. The van der Waals surface area contributed by atoms with Crippen LogP contribution in [-0.2, 0) is 15.3 Å². The van der Waals surface area contributed by atoms with E-state index in [1.165, 1.54) is 6.20 Å². The van der Waals surface area contributed by atoms with E-state index in [9.17, 15) is 13.2 Å². The van der Waals surface area contributed by atoms with Gasteiger partial charge in [0.25, 0.3) is 5.91 Å². The Kier molecular flexibility index (Phi) is 5.57. The van der Waals surface area contributed by atoms with Gasteiger partial charge in [-0.3, -0.25) is 4.79 Å². The maximum Gasteiger partial charge on any atom is 0.260 e. The number of carbonyl (C=O) groups excluding carboxylic acids is 1. The number of nitrogens with one attached hydrogen (secondary N) is 2. The van der Waals surface area contributed by atoms with Crippen molar-refractivity contribution in [2.45, 2.75) is 50.2 Å². The van der Waals surface area contributed by atoms with Crippen molar-refractivity contribution < 1.29 is 17.7 Å². The first-order chi connectivity index (χ1) is 15.5. The van der Waals surface area contributed by atoms with E-state index in [0.29, 0.717) is 39.6 Å². The van der Waals surface area contributed by atoms with Gasteiger partial charge in [0.1, 0.15) is 11.3 Å². The maximum absolute atomic E-state index is 12.9. The molecule has 3 aromatic heterocycles. The number of hydrogen-bond acceptors (Lipinski definition) is 7. The van der Waals surface area contributed by atoms with Crippen LogP contribution in [0, 0.1) is 0 Å². The van der Waals surface area contributed by atoms with Gasteiger partial charge < -0.3 is 14.8 Å². The Hall–Kier alpha value is -3.53. The molecule has 0 saturated carbocycles. The molecule has 0 aliphatic carbocycles. The van der Waals surface area contributed by atoms with E-state index in [1.807, 2.05) is 20.8 Å². The number of carbonyl (C=O) groups is 1. The zero-order chi connectivity index (χ0) is 24.0. The third kappa shape index (κ3) is 4.38. The van der Waals surface area contributed by atoms with Crippen molar-refractivity contribution in [3.05, 3.63) is 54.0 Å². The van der Waals surface area contributed by atoms with Crippen molar-refractivity contribution in [2.75, 3.05) is 5.32 Å². The van der Waals surface area contributed by atoms with Gasteiger partial charge in [-0.1, -0.05) is 38.1 Å². The molecular weight excluding hydrogens is 442 g/mol. The van der Waals surface area contributed by atoms with Gasteiger partial charge in [-0.25, -0.2) is 18.4 Å². The molecule has 0 unspecified atom stereocenters. The number of fused-ring (bicyclic) bond motifs is 1. The lowest BCUT2D eigenvalue weighted by Gasteiger charge is -2.11. The number of amides is 1. The van der Waals surface area contributed by atoms with Crippen LogP contribution in [0.5, 0.6) is 0 Å². The number of aromatic amines is 1. The first-order valence-corrected chi connectivity index (χ1v) is 12.0. The summed E-state index contributed by atoms with van der Waals surface area (Å²) in [4.78, 5) is 25.0. The SMILES string of the molecule is CC(C)S(=O)(=O)c1ccc(-c2cnc3[nH]cc(C(=O)Nc4cc(C(C)(C)C)on4)c3n2)cc1. The van der Waals surface area contributed by atoms with Gasteiger partial charge in [-0.05, 0) is 26.0 Å². The highest BCUT2D eigenvalue weighted by Gasteiger charge is 2.22. The van der Waals surface area contributed by atoms with Crippen molar-refractivity contribution in [3.63, 3.8) is 0 Å². The molecule has 172 valence electrons. The minimum atomic E-state index is -3.36. The Bertz CT molecular complexity index is 1430. The number of benzene rings is 1. The summed E-state index contributed by atoms with van der Waals surface area (Å²) >= 11 is 0. The van der Waals surface area contributed by atoms with Crippen LogP contribution in [0.4, 0.5) is 5.82 Å². The van der Waals surface area contributed by atoms with Gasteiger partial charge in [0.2, 0.25) is 0 Å². The van der Waals surface area contributed by atoms with Crippen LogP contribution in [0.3, 0.4) is 0 Å². The summed E-state index contributed by atoms with van der Waals surface area (Å²) in [6.07, 6.45) is 3.10. The number of H-pyrrole nitrogens is 1. The molecule has 0 atom stereocenters. The number of anilines is 1. The van der Waals surface area contributed by atoms with Crippen molar-refractivity contribution >= 4 is 32.7 Å². The highest BCUT2D eigenvalue weighted by molar-refractivity contribution is 7.92. The zero-order valence-corrected chi connectivity index (χ0v) is 19.8. The summed E-state index contributed by atoms with van der Waals surface area (Å²) in [5, 5.41) is 6.13. The molecule has 1 aromatic carbocycles. The van der Waals surface area contributed by atoms with Gasteiger partial charge in [0.05, 0.1) is 27.6 Å². The average Bonchev–Trinajstić information content (AvgIpc) is 3.40. The molecule has 0 aliphatic rings. The lowest BCUT2D eigenvalue weighted by Crippen LogP contribution is -2.13. The normalized spacial score (nSPS) is 12.4. The minimum Gasteiger partial charge on any atom is -0.359 e. The summed E-state index contributed by atoms with van der Waals surface area (Å²) in [5.74, 6) is 0.562. The topological polar surface area (TPSA) is 131 Å². The molecule has 4 rings (SSSR count). The largest absolute Gasteiger partial charge is 0.359 e. The monoisotopic (exact) mass is 467 g/mol. The Balaban J connectivity index is 1.62. The van der Waals surface area contributed by atoms with Crippen molar-refractivity contribution in [2.24, 2.45) is 0 Å². The molecule has 33 heavy (non-hydrogen) atoms. The number of nitrogens with zero attached hydrogens (tertiary/aromatic N) is 3. The van der Waals surface area contributed by atoms with Gasteiger partial charge >= 0.3 is 0 Å². The summed E-state index contributed by atoms with van der Waals surface area (Å²) < 4.78 is 30.0. The van der Waals surface area contributed by atoms with E-state index in [-0.39, 0.29) is 10.3 Å². The van der Waals surface area contributed by atoms with Crippen LogP contribution in [0.15, 0.2) is 52.1 Å². The summed E-state index contributed by atoms with van der Waals surface area (Å²) in [5.41, 5.74) is 2.12. The van der Waals surface area contributed by atoms with Crippen LogP contribution < -0.4 is 5.32 Å². The first-order valence-electron chi connectivity index (χ1n) is 10.4. The van der Waals surface area contributed by atoms with E-state index in [4.69, 9.17) is 4.52 Å². The fourth-order valence-electron chi connectivity index (χ4n) is 3.16. The van der Waals surface area contributed by atoms with E-state index in [1.54, 1.807) is 50.4 Å². The van der Waals surface area contributed by atoms with Crippen molar-refractivity contribution in [1.29, 1.82) is 0 Å². The quantitative estimate of drug-likeness (QED) is 0.446. The van der Waals surface area contributed by atoms with E-state index < -0.39 is 21.0 Å². The predicted octanol–water partition coefficient (Wildman–Crippen LogP) is 4.34. The fraction of sp³-hybridized carbons (Fsp3) is 0.304. The van der Waals surface area contributed by atoms with Gasteiger partial charge in [0.15, 0.2) is 21.3 Å². The molecule has 0 bridgehead atoms. The lowest BCUT2D eigenvalue weighted by molar-refractivity contribution is 0.102. The van der Waals surface area contributed by atoms with Gasteiger partial charge in [0, 0.05) is 23.2 Å². The van der Waals surface area contributed by atoms with E-state index >= 15 is 0 Å². The Morgan fingerprint density at radius 3 is 2.45 bits per heavy atom. The van der Waals surface area contributed by atoms with Crippen LogP contribution in [0.1, 0.15) is 50.7 Å². The standard InChI is InChI=1S/C23H25N5O4S/c1-13(2)33(30,31)15-8-6-14(7-9-15)17-12-25-21-20(26-17)16(11-24-21)22(29)27-19-10-18(32-28-19)23(3,4)5/h6-13H,1-5H3,(H,24,25)(H,27,28,29). The van der Waals surface area contributed by atoms with Gasteiger partial charge in [-0.15, -0.1) is 0 Å². The summed E-state index contributed by atoms with van der Waals surface area (Å²) in [7, 11) is -3.36. The van der Waals surface area contributed by atoms with Crippen molar-refractivity contribution in [3.8, 4) is 11.3 Å². The number of aromatic nitrogens is 4. The molecule has 0 fully saturated rings. The highest BCUT2D eigenvalue weighted by Crippen LogP contribution is 2.26. The van der Waals surface area contributed by atoms with Crippen molar-refractivity contribution in [1.82, 2.24) is 20.1 Å². The molecule has 0 radical (unpaired) electrons. The highest BCUT2D eigenvalue weighted by atomic mass is 32.2. The van der Waals surface area contributed by atoms with Crippen LogP contribution >= 0.6 is 0 Å². The molecule has 3 heterocycles. The second-order valence-electron chi connectivity index (χ2n) is 9.05. The Labute approximate surface area is 191 Å². The summed E-state index contributed by atoms with van der Waals surface area (Å²) in [6.45, 7) is 9.25. The third-order valence-electron chi connectivity index (χ3n) is 5.22. The Morgan fingerprint density at radius 1 is 1.15 bits per heavy atom. The average molecular weight is 468 g/mol. The maximum atomic E-state index is 12.9. The van der Waals surface area contributed by atoms with Gasteiger partial charge in [-0.2, -0.15) is 0 Å². The molecule has 0 spiro atoms. The van der Waals surface area contributed by atoms with E-state index in [2.05, 4.69) is 25.4 Å². The second kappa shape index (κ2) is 8.11. The van der Waals surface area contributed by atoms with Crippen LogP contribution in [0.25, 0.3) is 22.4 Å². The number of rotatable bonds is 5. The Morgan fingerprint density at radius 2 is 1.85 bits per heavy atom. The third-order valence-corrected chi connectivity index (χ3v) is 7.39. The number of sulfone groups is 1. The number of hydrogen-bond donors (Lipinski definition) is 2. The predicted molar refractivity (Wildman–Crippen MR) is 125 cm³/mol. The molecule has 9 nitrogen and oxygen atoms in total.